The molecule has 1 saturated heterocycles. The molecule has 3 heteroatoms. The Labute approximate surface area is 115 Å². The second-order valence-electron chi connectivity index (χ2n) is 6.09. The molecule has 0 spiro atoms. The molecule has 4 atom stereocenters. The number of hydrogen-bond acceptors (Lipinski definition) is 2. The number of hydrogen-bond donors (Lipinski definition) is 1. The maximum absolute atomic E-state index is 13.4. The number of halogens is 1. The minimum atomic E-state index is -0.648. The highest BCUT2D eigenvalue weighted by Gasteiger charge is 2.30. The highest BCUT2D eigenvalue weighted by Crippen LogP contribution is 2.35. The number of aliphatic hydroxyl groups excluding tert-OH is 1. The largest absolute Gasteiger partial charge is 0.389 e. The average molecular weight is 265 g/mol. The highest BCUT2D eigenvalue weighted by molar-refractivity contribution is 5.56. The van der Waals surface area contributed by atoms with Crippen LogP contribution in [0.5, 0.6) is 0 Å². The Morgan fingerprint density at radius 3 is 2.63 bits per heavy atom. The second kappa shape index (κ2) is 5.49. The van der Waals surface area contributed by atoms with E-state index in [1.165, 1.54) is 18.6 Å². The zero-order valence-electron chi connectivity index (χ0n) is 12.2. The summed E-state index contributed by atoms with van der Waals surface area (Å²) in [6.45, 7) is 9.39. The first-order valence-corrected chi connectivity index (χ1v) is 7.14. The van der Waals surface area contributed by atoms with Crippen molar-refractivity contribution in [2.24, 2.45) is 11.8 Å². The second-order valence-corrected chi connectivity index (χ2v) is 6.09. The summed E-state index contributed by atoms with van der Waals surface area (Å²) in [6, 6.07) is 5.16. The van der Waals surface area contributed by atoms with Gasteiger partial charge in [-0.1, -0.05) is 13.8 Å². The third-order valence-corrected chi connectivity index (χ3v) is 4.35. The van der Waals surface area contributed by atoms with Gasteiger partial charge in [0.25, 0.3) is 0 Å². The minimum Gasteiger partial charge on any atom is -0.389 e. The molecule has 1 N–H and O–H groups in total. The topological polar surface area (TPSA) is 23.5 Å². The van der Waals surface area contributed by atoms with Crippen molar-refractivity contribution in [3.63, 3.8) is 0 Å². The summed E-state index contributed by atoms with van der Waals surface area (Å²) in [6.07, 6.45) is 0.577. The number of benzene rings is 1. The summed E-state index contributed by atoms with van der Waals surface area (Å²) in [7, 11) is 0. The fourth-order valence-electron chi connectivity index (χ4n) is 3.15. The van der Waals surface area contributed by atoms with Crippen LogP contribution in [0.15, 0.2) is 18.2 Å². The Balaban J connectivity index is 2.39. The lowest BCUT2D eigenvalue weighted by molar-refractivity contribution is 0.198. The normalized spacial score (nSPS) is 29.4. The van der Waals surface area contributed by atoms with E-state index >= 15 is 0 Å². The fraction of sp³-hybridized carbons (Fsp3) is 0.625. The summed E-state index contributed by atoms with van der Waals surface area (Å²) >= 11 is 0. The van der Waals surface area contributed by atoms with Gasteiger partial charge in [0.05, 0.1) is 6.10 Å². The van der Waals surface area contributed by atoms with Crippen molar-refractivity contribution in [1.82, 2.24) is 0 Å². The molecule has 1 aromatic carbocycles. The summed E-state index contributed by atoms with van der Waals surface area (Å²) in [5.74, 6) is 0.944. The Kier molecular flexibility index (Phi) is 4.14. The van der Waals surface area contributed by atoms with E-state index in [-0.39, 0.29) is 5.82 Å². The van der Waals surface area contributed by atoms with E-state index in [4.69, 9.17) is 0 Å². The molecule has 0 saturated carbocycles. The molecule has 1 aromatic rings. The van der Waals surface area contributed by atoms with Crippen LogP contribution in [-0.4, -0.2) is 17.7 Å². The summed E-state index contributed by atoms with van der Waals surface area (Å²) < 4.78 is 13.4. The van der Waals surface area contributed by atoms with Crippen LogP contribution in [0.4, 0.5) is 10.1 Å². The third kappa shape index (κ3) is 2.92. The Morgan fingerprint density at radius 2 is 2.00 bits per heavy atom. The van der Waals surface area contributed by atoms with Gasteiger partial charge in [0.2, 0.25) is 0 Å². The first-order chi connectivity index (χ1) is 8.90. The summed E-state index contributed by atoms with van der Waals surface area (Å²) in [5, 5.41) is 9.88. The van der Waals surface area contributed by atoms with Gasteiger partial charge in [0.1, 0.15) is 5.82 Å². The highest BCUT2D eigenvalue weighted by atomic mass is 19.1. The maximum Gasteiger partial charge on any atom is 0.123 e. The molecule has 0 aromatic heterocycles. The Bertz CT molecular complexity index is 446. The van der Waals surface area contributed by atoms with Crippen molar-refractivity contribution in [1.29, 1.82) is 0 Å². The molecule has 1 aliphatic rings. The van der Waals surface area contributed by atoms with Crippen molar-refractivity contribution in [2.75, 3.05) is 11.4 Å². The van der Waals surface area contributed by atoms with Gasteiger partial charge in [-0.2, -0.15) is 0 Å². The monoisotopic (exact) mass is 265 g/mol. The van der Waals surface area contributed by atoms with Gasteiger partial charge in [0, 0.05) is 23.8 Å². The Morgan fingerprint density at radius 1 is 1.32 bits per heavy atom. The predicted octanol–water partition coefficient (Wildman–Crippen LogP) is 3.75. The van der Waals surface area contributed by atoms with Crippen LogP contribution in [0, 0.1) is 17.7 Å². The first kappa shape index (κ1) is 14.3. The third-order valence-electron chi connectivity index (χ3n) is 4.35. The zero-order chi connectivity index (χ0) is 14.2. The minimum absolute atomic E-state index is 0.287. The van der Waals surface area contributed by atoms with Crippen molar-refractivity contribution < 1.29 is 9.50 Å². The number of anilines is 1. The van der Waals surface area contributed by atoms with Gasteiger partial charge >= 0.3 is 0 Å². The van der Waals surface area contributed by atoms with Gasteiger partial charge < -0.3 is 10.0 Å². The van der Waals surface area contributed by atoms with E-state index in [1.54, 1.807) is 13.0 Å². The fourth-order valence-corrected chi connectivity index (χ4v) is 3.15. The molecular formula is C16H24FNO. The standard InChI is InChI=1S/C16H24FNO/c1-10-7-11(2)12(3)18(9-10)16-6-5-14(17)8-15(16)13(4)19/h5-6,8,10-13,19H,7,9H2,1-4H3/t10?,11?,12?,13-/m0/s1. The predicted molar refractivity (Wildman–Crippen MR) is 76.8 cm³/mol. The van der Waals surface area contributed by atoms with Crippen LogP contribution in [0.3, 0.4) is 0 Å². The van der Waals surface area contributed by atoms with E-state index in [9.17, 15) is 9.50 Å². The number of piperidine rings is 1. The number of nitrogens with zero attached hydrogens (tertiary/aromatic N) is 1. The van der Waals surface area contributed by atoms with Crippen molar-refractivity contribution in [3.05, 3.63) is 29.6 Å². The molecule has 1 heterocycles. The smallest absolute Gasteiger partial charge is 0.123 e. The van der Waals surface area contributed by atoms with Crippen LogP contribution >= 0.6 is 0 Å². The van der Waals surface area contributed by atoms with Crippen molar-refractivity contribution in [2.45, 2.75) is 46.3 Å². The van der Waals surface area contributed by atoms with Crippen LogP contribution < -0.4 is 4.90 Å². The maximum atomic E-state index is 13.4. The van der Waals surface area contributed by atoms with Crippen molar-refractivity contribution >= 4 is 5.69 Å². The SMILES string of the molecule is CC1CC(C)C(C)N(c2ccc(F)cc2[C@H](C)O)C1. The number of rotatable bonds is 2. The molecule has 19 heavy (non-hydrogen) atoms. The average Bonchev–Trinajstić information content (AvgIpc) is 2.34. The molecule has 106 valence electrons. The van der Waals surface area contributed by atoms with Crippen LogP contribution in [0.25, 0.3) is 0 Å². The molecular weight excluding hydrogens is 241 g/mol. The first-order valence-electron chi connectivity index (χ1n) is 7.14. The van der Waals surface area contributed by atoms with E-state index in [2.05, 4.69) is 25.7 Å². The Hall–Kier alpha value is -1.09. The molecule has 2 rings (SSSR count). The van der Waals surface area contributed by atoms with Gasteiger partial charge in [0.15, 0.2) is 0 Å². The summed E-state index contributed by atoms with van der Waals surface area (Å²) in [5.41, 5.74) is 1.66. The van der Waals surface area contributed by atoms with Crippen LogP contribution in [0.1, 0.15) is 45.8 Å². The van der Waals surface area contributed by atoms with Crippen LogP contribution in [-0.2, 0) is 0 Å². The molecule has 0 amide bonds. The van der Waals surface area contributed by atoms with Gasteiger partial charge in [-0.3, -0.25) is 0 Å². The molecule has 1 fully saturated rings. The lowest BCUT2D eigenvalue weighted by Gasteiger charge is -2.43. The summed E-state index contributed by atoms with van der Waals surface area (Å²) in [4.78, 5) is 2.32. The van der Waals surface area contributed by atoms with Gasteiger partial charge in [-0.25, -0.2) is 4.39 Å². The van der Waals surface area contributed by atoms with Gasteiger partial charge in [-0.15, -0.1) is 0 Å². The molecule has 0 radical (unpaired) electrons. The lowest BCUT2D eigenvalue weighted by atomic mass is 9.85. The quantitative estimate of drug-likeness (QED) is 0.880. The van der Waals surface area contributed by atoms with E-state index in [0.717, 1.165) is 12.2 Å². The molecule has 3 unspecified atom stereocenters. The number of aliphatic hydroxyl groups is 1. The van der Waals surface area contributed by atoms with E-state index in [1.807, 2.05) is 0 Å². The molecule has 0 aliphatic carbocycles. The zero-order valence-corrected chi connectivity index (χ0v) is 12.2. The van der Waals surface area contributed by atoms with Crippen LogP contribution in [0.2, 0.25) is 0 Å². The molecule has 2 nitrogen and oxygen atoms in total. The molecule has 0 bridgehead atoms. The van der Waals surface area contributed by atoms with Crippen molar-refractivity contribution in [3.8, 4) is 0 Å². The van der Waals surface area contributed by atoms with Gasteiger partial charge in [-0.05, 0) is 50.3 Å². The van der Waals surface area contributed by atoms with E-state index in [0.29, 0.717) is 23.4 Å². The lowest BCUT2D eigenvalue weighted by Crippen LogP contribution is -2.46. The van der Waals surface area contributed by atoms with E-state index < -0.39 is 6.10 Å². The molecule has 1 aliphatic heterocycles.